The lowest BCUT2D eigenvalue weighted by Gasteiger charge is -2.15. The van der Waals surface area contributed by atoms with Crippen LogP contribution in [-0.4, -0.2) is 17.9 Å². The van der Waals surface area contributed by atoms with Crippen LogP contribution in [0, 0.1) is 11.3 Å². The van der Waals surface area contributed by atoms with Gasteiger partial charge in [-0.25, -0.2) is 0 Å². The summed E-state index contributed by atoms with van der Waals surface area (Å²) in [6.07, 6.45) is 0.500. The van der Waals surface area contributed by atoms with Gasteiger partial charge in [0.25, 0.3) is 5.91 Å². The zero-order valence-corrected chi connectivity index (χ0v) is 14.8. The molecule has 2 N–H and O–H groups in total. The van der Waals surface area contributed by atoms with E-state index in [1.165, 1.54) is 0 Å². The molecule has 26 heavy (non-hydrogen) atoms. The van der Waals surface area contributed by atoms with Crippen molar-refractivity contribution in [2.45, 2.75) is 32.8 Å². The molecule has 2 rings (SSSR count). The average molecular weight is 351 g/mol. The number of nitrogens with zero attached hydrogens (tertiary/aromatic N) is 1. The van der Waals surface area contributed by atoms with Crippen molar-refractivity contribution in [2.24, 2.45) is 0 Å². The van der Waals surface area contributed by atoms with Crippen LogP contribution in [0.4, 0.5) is 11.4 Å². The van der Waals surface area contributed by atoms with Gasteiger partial charge in [-0.05, 0) is 55.8 Å². The van der Waals surface area contributed by atoms with Gasteiger partial charge in [-0.3, -0.25) is 9.59 Å². The molecule has 0 radical (unpaired) electrons. The molecule has 6 heteroatoms. The normalized spacial score (nSPS) is 11.1. The van der Waals surface area contributed by atoms with E-state index >= 15 is 0 Å². The lowest BCUT2D eigenvalue weighted by molar-refractivity contribution is -0.122. The molecule has 0 saturated carbocycles. The molecule has 0 aliphatic rings. The Labute approximate surface area is 152 Å². The fraction of sp³-hybridized carbons (Fsp3) is 0.250. The van der Waals surface area contributed by atoms with Gasteiger partial charge in [-0.15, -0.1) is 0 Å². The second kappa shape index (κ2) is 9.23. The highest BCUT2D eigenvalue weighted by atomic mass is 16.5. The number of nitriles is 1. The van der Waals surface area contributed by atoms with Crippen LogP contribution < -0.4 is 15.4 Å². The molecule has 2 aromatic carbocycles. The first kappa shape index (κ1) is 19.0. The summed E-state index contributed by atoms with van der Waals surface area (Å²) in [5.41, 5.74) is 1.72. The Balaban J connectivity index is 1.95. The largest absolute Gasteiger partial charge is 0.481 e. The minimum absolute atomic E-state index is 0.0616. The number of carbonyl (C=O) groups excluding carboxylic acids is 2. The highest BCUT2D eigenvalue weighted by Crippen LogP contribution is 2.17. The van der Waals surface area contributed by atoms with Gasteiger partial charge < -0.3 is 15.4 Å². The molecule has 0 bridgehead atoms. The third kappa shape index (κ3) is 5.64. The smallest absolute Gasteiger partial charge is 0.265 e. The number of ether oxygens (including phenoxy) is 1. The van der Waals surface area contributed by atoms with Crippen molar-refractivity contribution >= 4 is 23.2 Å². The van der Waals surface area contributed by atoms with E-state index in [2.05, 4.69) is 10.6 Å². The molecule has 6 nitrogen and oxygen atoms in total. The summed E-state index contributed by atoms with van der Waals surface area (Å²) in [6, 6.07) is 15.5. The summed E-state index contributed by atoms with van der Waals surface area (Å²) in [6.45, 7) is 3.58. The number of hydrogen-bond acceptors (Lipinski definition) is 4. The van der Waals surface area contributed by atoms with Crippen LogP contribution in [0.3, 0.4) is 0 Å². The highest BCUT2D eigenvalue weighted by Gasteiger charge is 2.15. The van der Waals surface area contributed by atoms with Gasteiger partial charge in [0.15, 0.2) is 6.10 Å². The Bertz CT molecular complexity index is 810. The first-order chi connectivity index (χ1) is 12.5. The molecule has 134 valence electrons. The number of rotatable bonds is 7. The number of nitrogens with one attached hydrogen (secondary N) is 2. The van der Waals surface area contributed by atoms with Crippen molar-refractivity contribution in [3.8, 4) is 11.8 Å². The predicted molar refractivity (Wildman–Crippen MR) is 99.9 cm³/mol. The molecule has 0 heterocycles. The van der Waals surface area contributed by atoms with Crippen molar-refractivity contribution < 1.29 is 14.3 Å². The first-order valence-electron chi connectivity index (χ1n) is 8.39. The van der Waals surface area contributed by atoms with Gasteiger partial charge >= 0.3 is 0 Å². The quantitative estimate of drug-likeness (QED) is 0.795. The zero-order valence-electron chi connectivity index (χ0n) is 14.8. The maximum atomic E-state index is 12.3. The van der Waals surface area contributed by atoms with Gasteiger partial charge in [-0.1, -0.05) is 13.0 Å². The van der Waals surface area contributed by atoms with Gasteiger partial charge in [0.2, 0.25) is 5.91 Å². The lowest BCUT2D eigenvalue weighted by atomic mass is 10.2. The summed E-state index contributed by atoms with van der Waals surface area (Å²) in [5.74, 6) is 0.132. The van der Waals surface area contributed by atoms with E-state index in [9.17, 15) is 9.59 Å². The van der Waals surface area contributed by atoms with E-state index in [0.29, 0.717) is 29.1 Å². The molecule has 2 aromatic rings. The van der Waals surface area contributed by atoms with E-state index in [4.69, 9.17) is 10.00 Å². The fourth-order valence-electron chi connectivity index (χ4n) is 2.23. The number of amides is 2. The second-order valence-electron chi connectivity index (χ2n) is 5.76. The van der Waals surface area contributed by atoms with E-state index < -0.39 is 6.10 Å². The monoisotopic (exact) mass is 351 g/mol. The maximum absolute atomic E-state index is 12.3. The van der Waals surface area contributed by atoms with Gasteiger partial charge in [-0.2, -0.15) is 5.26 Å². The van der Waals surface area contributed by atoms with E-state index in [1.807, 2.05) is 13.0 Å². The van der Waals surface area contributed by atoms with Crippen LogP contribution in [-0.2, 0) is 9.59 Å². The Hall–Kier alpha value is -3.33. The predicted octanol–water partition coefficient (Wildman–Crippen LogP) is 3.70. The Kier molecular flexibility index (Phi) is 6.75. The van der Waals surface area contributed by atoms with Gasteiger partial charge in [0.1, 0.15) is 5.75 Å². The summed E-state index contributed by atoms with van der Waals surface area (Å²) in [4.78, 5) is 24.0. The van der Waals surface area contributed by atoms with Crippen molar-refractivity contribution in [1.82, 2.24) is 0 Å². The van der Waals surface area contributed by atoms with Crippen LogP contribution in [0.2, 0.25) is 0 Å². The molecule has 0 aliphatic carbocycles. The molecule has 0 spiro atoms. The van der Waals surface area contributed by atoms with Crippen LogP contribution in [0.15, 0.2) is 48.5 Å². The second-order valence-corrected chi connectivity index (χ2v) is 5.76. The minimum atomic E-state index is -0.721. The molecule has 0 aliphatic heterocycles. The summed E-state index contributed by atoms with van der Waals surface area (Å²) in [5, 5.41) is 14.3. The first-order valence-corrected chi connectivity index (χ1v) is 8.39. The van der Waals surface area contributed by atoms with E-state index in [1.54, 1.807) is 55.5 Å². The van der Waals surface area contributed by atoms with Gasteiger partial charge in [0, 0.05) is 17.8 Å². The Morgan fingerprint density at radius 1 is 1.12 bits per heavy atom. The number of carbonyl (C=O) groups is 2. The van der Waals surface area contributed by atoms with Crippen LogP contribution in [0.25, 0.3) is 0 Å². The number of hydrogen-bond donors (Lipinski definition) is 2. The summed E-state index contributed by atoms with van der Waals surface area (Å²) in [7, 11) is 0. The third-order valence-corrected chi connectivity index (χ3v) is 3.56. The highest BCUT2D eigenvalue weighted by molar-refractivity contribution is 5.96. The molecule has 0 fully saturated rings. The number of benzene rings is 2. The van der Waals surface area contributed by atoms with Crippen LogP contribution in [0.1, 0.15) is 32.3 Å². The molecular formula is C20H21N3O3. The maximum Gasteiger partial charge on any atom is 0.265 e. The molecule has 1 atom stereocenters. The molecular weight excluding hydrogens is 330 g/mol. The van der Waals surface area contributed by atoms with Crippen molar-refractivity contribution in [1.29, 1.82) is 5.26 Å². The molecule has 0 aromatic heterocycles. The van der Waals surface area contributed by atoms with Crippen molar-refractivity contribution in [3.63, 3.8) is 0 Å². The van der Waals surface area contributed by atoms with Crippen LogP contribution in [0.5, 0.6) is 5.75 Å². The fourth-order valence-corrected chi connectivity index (χ4v) is 2.23. The average Bonchev–Trinajstić information content (AvgIpc) is 2.62. The summed E-state index contributed by atoms with van der Waals surface area (Å²) >= 11 is 0. The Morgan fingerprint density at radius 2 is 1.77 bits per heavy atom. The molecule has 2 amide bonds. The molecule has 0 saturated heterocycles. The van der Waals surface area contributed by atoms with Gasteiger partial charge in [0.05, 0.1) is 11.6 Å². The summed E-state index contributed by atoms with van der Waals surface area (Å²) < 4.78 is 5.58. The zero-order chi connectivity index (χ0) is 18.9. The molecule has 1 unspecified atom stereocenters. The van der Waals surface area contributed by atoms with Crippen molar-refractivity contribution in [3.05, 3.63) is 54.1 Å². The van der Waals surface area contributed by atoms with Crippen molar-refractivity contribution in [2.75, 3.05) is 10.6 Å². The minimum Gasteiger partial charge on any atom is -0.481 e. The number of anilines is 2. The van der Waals surface area contributed by atoms with Crippen LogP contribution >= 0.6 is 0 Å². The van der Waals surface area contributed by atoms with E-state index in [-0.39, 0.29) is 11.8 Å². The third-order valence-electron chi connectivity index (χ3n) is 3.56. The topological polar surface area (TPSA) is 91.2 Å². The lowest BCUT2D eigenvalue weighted by Crippen LogP contribution is -2.30. The standard InChI is InChI=1S/C20H21N3O3/c1-3-5-19(24)22-16-6-4-7-17(12-16)23-20(25)14(2)26-18-10-8-15(13-21)9-11-18/h4,6-12,14H,3,5H2,1-2H3,(H,22,24)(H,23,25). The van der Waals surface area contributed by atoms with E-state index in [0.717, 1.165) is 6.42 Å². The SMILES string of the molecule is CCCC(=O)Nc1cccc(NC(=O)C(C)Oc2ccc(C#N)cc2)c1. The Morgan fingerprint density at radius 3 is 2.38 bits per heavy atom.